The minimum absolute atomic E-state index is 0.0998. The van der Waals surface area contributed by atoms with Gasteiger partial charge in [-0.15, -0.1) is 0 Å². The van der Waals surface area contributed by atoms with Crippen molar-refractivity contribution in [3.8, 4) is 0 Å². The molecule has 0 aromatic heterocycles. The summed E-state index contributed by atoms with van der Waals surface area (Å²) in [6, 6.07) is 15.8. The van der Waals surface area contributed by atoms with Crippen molar-refractivity contribution in [2.24, 2.45) is 5.73 Å². The van der Waals surface area contributed by atoms with Gasteiger partial charge in [0.1, 0.15) is 12.6 Å². The highest BCUT2D eigenvalue weighted by Crippen LogP contribution is 2.07. The number of aliphatic hydroxyl groups is 1. The molecule has 0 fully saturated rings. The standard InChI is InChI=1S/C22H27N3O5/c1-15-7-9-16(10-8-15)11-19(21(23)28)25-20(27)12-18(26)13-24-22(29)30-14-17-5-3-2-4-6-17/h2-10,18-19,26H,11-14H2,1H3,(H2,23,28)(H,24,29)(H,25,27)/t18-,19-/m1/s1. The van der Waals surface area contributed by atoms with Crippen LogP contribution in [0, 0.1) is 6.92 Å². The van der Waals surface area contributed by atoms with Crippen molar-refractivity contribution >= 4 is 17.9 Å². The lowest BCUT2D eigenvalue weighted by Gasteiger charge is -2.17. The van der Waals surface area contributed by atoms with E-state index in [0.717, 1.165) is 16.7 Å². The molecule has 2 aromatic rings. The van der Waals surface area contributed by atoms with E-state index in [0.29, 0.717) is 0 Å². The number of primary amides is 1. The Morgan fingerprint density at radius 1 is 1.03 bits per heavy atom. The van der Waals surface area contributed by atoms with Gasteiger partial charge in [0.15, 0.2) is 0 Å². The number of rotatable bonds is 10. The predicted octanol–water partition coefficient (Wildman–Crippen LogP) is 1.19. The second-order valence-electron chi connectivity index (χ2n) is 7.01. The first-order chi connectivity index (χ1) is 14.3. The monoisotopic (exact) mass is 413 g/mol. The van der Waals surface area contributed by atoms with E-state index in [1.807, 2.05) is 61.5 Å². The summed E-state index contributed by atoms with van der Waals surface area (Å²) in [6.45, 7) is 1.88. The van der Waals surface area contributed by atoms with Crippen molar-refractivity contribution in [1.82, 2.24) is 10.6 Å². The molecule has 2 aromatic carbocycles. The van der Waals surface area contributed by atoms with Gasteiger partial charge >= 0.3 is 6.09 Å². The van der Waals surface area contributed by atoms with Crippen molar-refractivity contribution in [3.63, 3.8) is 0 Å². The van der Waals surface area contributed by atoms with Crippen LogP contribution in [0.4, 0.5) is 4.79 Å². The number of aryl methyl sites for hydroxylation is 1. The van der Waals surface area contributed by atoms with Crippen molar-refractivity contribution in [3.05, 3.63) is 71.3 Å². The van der Waals surface area contributed by atoms with Crippen LogP contribution in [0.5, 0.6) is 0 Å². The Morgan fingerprint density at radius 2 is 1.70 bits per heavy atom. The molecule has 30 heavy (non-hydrogen) atoms. The highest BCUT2D eigenvalue weighted by molar-refractivity contribution is 5.87. The summed E-state index contributed by atoms with van der Waals surface area (Å²) in [5, 5.41) is 14.9. The third kappa shape index (κ3) is 8.32. The van der Waals surface area contributed by atoms with Crippen LogP contribution in [0.3, 0.4) is 0 Å². The van der Waals surface area contributed by atoms with E-state index < -0.39 is 30.1 Å². The molecule has 0 bridgehead atoms. The maximum absolute atomic E-state index is 12.1. The molecule has 8 nitrogen and oxygen atoms in total. The molecule has 5 N–H and O–H groups in total. The molecule has 0 saturated carbocycles. The van der Waals surface area contributed by atoms with Gasteiger partial charge in [-0.05, 0) is 18.1 Å². The predicted molar refractivity (Wildman–Crippen MR) is 111 cm³/mol. The lowest BCUT2D eigenvalue weighted by molar-refractivity contribution is -0.128. The van der Waals surface area contributed by atoms with Gasteiger partial charge in [0.25, 0.3) is 0 Å². The van der Waals surface area contributed by atoms with Crippen LogP contribution in [0.25, 0.3) is 0 Å². The molecule has 0 aliphatic carbocycles. The fourth-order valence-corrected chi connectivity index (χ4v) is 2.70. The SMILES string of the molecule is Cc1ccc(C[C@@H](NC(=O)C[C@@H](O)CNC(=O)OCc2ccccc2)C(N)=O)cc1. The van der Waals surface area contributed by atoms with E-state index in [-0.39, 0.29) is 26.0 Å². The highest BCUT2D eigenvalue weighted by Gasteiger charge is 2.20. The second-order valence-corrected chi connectivity index (χ2v) is 7.01. The molecule has 0 heterocycles. The average Bonchev–Trinajstić information content (AvgIpc) is 2.72. The summed E-state index contributed by atoms with van der Waals surface area (Å²) >= 11 is 0. The maximum Gasteiger partial charge on any atom is 0.407 e. The Balaban J connectivity index is 1.73. The smallest absolute Gasteiger partial charge is 0.407 e. The Hall–Kier alpha value is -3.39. The van der Waals surface area contributed by atoms with Gasteiger partial charge in [-0.1, -0.05) is 60.2 Å². The van der Waals surface area contributed by atoms with Crippen LogP contribution in [-0.2, 0) is 27.4 Å². The van der Waals surface area contributed by atoms with E-state index in [4.69, 9.17) is 10.5 Å². The summed E-state index contributed by atoms with van der Waals surface area (Å²) in [7, 11) is 0. The minimum atomic E-state index is -1.14. The normalized spacial score (nSPS) is 12.5. The number of aliphatic hydroxyl groups excluding tert-OH is 1. The molecule has 160 valence electrons. The van der Waals surface area contributed by atoms with Gasteiger partial charge < -0.3 is 26.2 Å². The van der Waals surface area contributed by atoms with Gasteiger partial charge in [-0.25, -0.2) is 4.79 Å². The highest BCUT2D eigenvalue weighted by atomic mass is 16.5. The number of carbonyl (C=O) groups excluding carboxylic acids is 3. The fraction of sp³-hybridized carbons (Fsp3) is 0.318. The fourth-order valence-electron chi connectivity index (χ4n) is 2.70. The van der Waals surface area contributed by atoms with E-state index in [1.54, 1.807) is 0 Å². The molecule has 0 aliphatic rings. The first-order valence-electron chi connectivity index (χ1n) is 9.60. The number of nitrogens with one attached hydrogen (secondary N) is 2. The van der Waals surface area contributed by atoms with Crippen molar-refractivity contribution < 1.29 is 24.2 Å². The molecule has 0 spiro atoms. The Morgan fingerprint density at radius 3 is 2.33 bits per heavy atom. The number of hydrogen-bond acceptors (Lipinski definition) is 5. The third-order valence-corrected chi connectivity index (χ3v) is 4.35. The Kier molecular flexibility index (Phi) is 8.83. The number of hydrogen-bond donors (Lipinski definition) is 4. The van der Waals surface area contributed by atoms with Gasteiger partial charge in [0.05, 0.1) is 12.5 Å². The first-order valence-corrected chi connectivity index (χ1v) is 9.60. The van der Waals surface area contributed by atoms with E-state index in [2.05, 4.69) is 10.6 Å². The van der Waals surface area contributed by atoms with Crippen LogP contribution in [0.2, 0.25) is 0 Å². The largest absolute Gasteiger partial charge is 0.445 e. The van der Waals surface area contributed by atoms with Crippen LogP contribution < -0.4 is 16.4 Å². The Bertz CT molecular complexity index is 840. The van der Waals surface area contributed by atoms with E-state index >= 15 is 0 Å². The third-order valence-electron chi connectivity index (χ3n) is 4.35. The molecule has 2 rings (SSSR count). The summed E-state index contributed by atoms with van der Waals surface area (Å²) < 4.78 is 5.03. The topological polar surface area (TPSA) is 131 Å². The van der Waals surface area contributed by atoms with E-state index in [1.165, 1.54) is 0 Å². The molecule has 0 unspecified atom stereocenters. The van der Waals surface area contributed by atoms with Crippen LogP contribution in [-0.4, -0.2) is 41.7 Å². The molecular weight excluding hydrogens is 386 g/mol. The van der Waals surface area contributed by atoms with E-state index in [9.17, 15) is 19.5 Å². The van der Waals surface area contributed by atoms with Crippen LogP contribution in [0.1, 0.15) is 23.1 Å². The number of benzene rings is 2. The van der Waals surface area contributed by atoms with Crippen molar-refractivity contribution in [2.45, 2.75) is 38.5 Å². The molecular formula is C22H27N3O5. The first kappa shape index (κ1) is 22.9. The number of ether oxygens (including phenoxy) is 1. The molecule has 0 aliphatic heterocycles. The zero-order valence-electron chi connectivity index (χ0n) is 16.8. The van der Waals surface area contributed by atoms with Crippen molar-refractivity contribution in [2.75, 3.05) is 6.54 Å². The lowest BCUT2D eigenvalue weighted by atomic mass is 10.0. The molecule has 2 atom stereocenters. The summed E-state index contributed by atoms with van der Waals surface area (Å²) in [4.78, 5) is 35.5. The number of nitrogens with two attached hydrogens (primary N) is 1. The summed E-state index contributed by atoms with van der Waals surface area (Å²) in [5.41, 5.74) is 8.15. The average molecular weight is 413 g/mol. The van der Waals surface area contributed by atoms with Gasteiger partial charge in [-0.2, -0.15) is 0 Å². The summed E-state index contributed by atoms with van der Waals surface area (Å²) in [5.74, 6) is -1.21. The van der Waals surface area contributed by atoms with Crippen LogP contribution >= 0.6 is 0 Å². The van der Waals surface area contributed by atoms with Crippen molar-refractivity contribution in [1.29, 1.82) is 0 Å². The zero-order valence-corrected chi connectivity index (χ0v) is 16.8. The lowest BCUT2D eigenvalue weighted by Crippen LogP contribution is -2.47. The number of carbonyl (C=O) groups is 3. The van der Waals surface area contributed by atoms with Gasteiger partial charge in [0.2, 0.25) is 11.8 Å². The number of alkyl carbamates (subject to hydrolysis) is 1. The minimum Gasteiger partial charge on any atom is -0.445 e. The van der Waals surface area contributed by atoms with Gasteiger partial charge in [-0.3, -0.25) is 9.59 Å². The molecule has 0 radical (unpaired) electrons. The quantitative estimate of drug-likeness (QED) is 0.465. The zero-order chi connectivity index (χ0) is 21.9. The summed E-state index contributed by atoms with van der Waals surface area (Å²) in [6.07, 6.45) is -1.88. The van der Waals surface area contributed by atoms with Crippen LogP contribution in [0.15, 0.2) is 54.6 Å². The maximum atomic E-state index is 12.1. The second kappa shape index (κ2) is 11.6. The molecule has 3 amide bonds. The molecule has 0 saturated heterocycles. The molecule has 8 heteroatoms. The number of amides is 3. The van der Waals surface area contributed by atoms with Gasteiger partial charge in [0, 0.05) is 13.0 Å². The Labute approximate surface area is 175 Å².